The molecule has 0 nitrogen and oxygen atoms in total. The zero-order chi connectivity index (χ0) is 13.8. The lowest BCUT2D eigenvalue weighted by atomic mass is 10.0. The summed E-state index contributed by atoms with van der Waals surface area (Å²) >= 11 is 0. The van der Waals surface area contributed by atoms with E-state index in [1.54, 1.807) is 0 Å². The van der Waals surface area contributed by atoms with Gasteiger partial charge in [0.05, 0.1) is 0 Å². The Labute approximate surface area is 119 Å². The molecule has 0 aliphatic heterocycles. The molecule has 0 spiro atoms. The van der Waals surface area contributed by atoms with Crippen LogP contribution in [0.4, 0.5) is 0 Å². The van der Waals surface area contributed by atoms with E-state index in [9.17, 15) is 0 Å². The van der Waals surface area contributed by atoms with Crippen molar-refractivity contribution in [3.63, 3.8) is 0 Å². The van der Waals surface area contributed by atoms with E-state index in [0.29, 0.717) is 0 Å². The van der Waals surface area contributed by atoms with E-state index in [4.69, 9.17) is 0 Å². The first-order chi connectivity index (χ1) is 9.36. The van der Waals surface area contributed by atoms with Crippen molar-refractivity contribution in [1.82, 2.24) is 0 Å². The fourth-order valence-corrected chi connectivity index (χ4v) is 2.18. The van der Waals surface area contributed by atoms with Gasteiger partial charge in [0, 0.05) is 0 Å². The molecule has 0 saturated heterocycles. The van der Waals surface area contributed by atoms with E-state index in [1.807, 2.05) is 0 Å². The molecule has 0 unspecified atom stereocenters. The van der Waals surface area contributed by atoms with E-state index in [1.165, 1.54) is 56.1 Å². The van der Waals surface area contributed by atoms with Crippen LogP contribution < -0.4 is 0 Å². The summed E-state index contributed by atoms with van der Waals surface area (Å²) in [6, 6.07) is 10.6. The Bertz CT molecular complexity index is 370. The Morgan fingerprint density at radius 2 is 1.74 bits per heavy atom. The molecule has 0 atom stereocenters. The van der Waals surface area contributed by atoms with Gasteiger partial charge in [-0.15, -0.1) is 0 Å². The second kappa shape index (κ2) is 10.6. The lowest BCUT2D eigenvalue weighted by Gasteiger charge is -2.01. The third kappa shape index (κ3) is 7.66. The zero-order valence-electron chi connectivity index (χ0n) is 12.6. The van der Waals surface area contributed by atoms with Crippen molar-refractivity contribution in [2.24, 2.45) is 0 Å². The van der Waals surface area contributed by atoms with Crippen LogP contribution in [0.5, 0.6) is 0 Å². The van der Waals surface area contributed by atoms with Crippen LogP contribution in [0.15, 0.2) is 48.1 Å². The van der Waals surface area contributed by atoms with Crippen molar-refractivity contribution in [2.75, 3.05) is 0 Å². The largest absolute Gasteiger partial charge is 0.0843 e. The minimum Gasteiger partial charge on any atom is -0.0843 e. The number of allylic oxidation sites excluding steroid dienone is 3. The van der Waals surface area contributed by atoms with Gasteiger partial charge < -0.3 is 0 Å². The van der Waals surface area contributed by atoms with Gasteiger partial charge in [-0.25, -0.2) is 0 Å². The van der Waals surface area contributed by atoms with Gasteiger partial charge in [0.25, 0.3) is 0 Å². The monoisotopic (exact) mass is 256 g/mol. The van der Waals surface area contributed by atoms with Gasteiger partial charge in [-0.05, 0) is 30.4 Å². The maximum Gasteiger partial charge on any atom is -0.0254 e. The highest BCUT2D eigenvalue weighted by molar-refractivity contribution is 5.55. The highest BCUT2D eigenvalue weighted by Crippen LogP contribution is 2.14. The molecule has 1 rings (SSSR count). The maximum atomic E-state index is 2.35. The third-order valence-electron chi connectivity index (χ3n) is 3.25. The molecule has 0 aromatic heterocycles. The second-order valence-corrected chi connectivity index (χ2v) is 5.13. The number of unbranched alkanes of at least 4 members (excludes halogenated alkanes) is 4. The van der Waals surface area contributed by atoms with Crippen molar-refractivity contribution >= 4 is 6.08 Å². The highest BCUT2D eigenvalue weighted by Gasteiger charge is 1.93. The lowest BCUT2D eigenvalue weighted by Crippen LogP contribution is -1.80. The fraction of sp³-hybridized carbons (Fsp3) is 0.474. The average molecular weight is 256 g/mol. The minimum absolute atomic E-state index is 1.17. The average Bonchev–Trinajstić information content (AvgIpc) is 2.44. The predicted molar refractivity (Wildman–Crippen MR) is 87.2 cm³/mol. The molecule has 0 fully saturated rings. The van der Waals surface area contributed by atoms with Crippen LogP contribution in [0.3, 0.4) is 0 Å². The Balaban J connectivity index is 2.48. The smallest absolute Gasteiger partial charge is 0.0254 e. The third-order valence-corrected chi connectivity index (χ3v) is 3.25. The van der Waals surface area contributed by atoms with E-state index >= 15 is 0 Å². The Morgan fingerprint density at radius 1 is 0.947 bits per heavy atom. The summed E-state index contributed by atoms with van der Waals surface area (Å²) in [6.45, 7) is 4.51. The number of rotatable bonds is 9. The van der Waals surface area contributed by atoms with Gasteiger partial charge >= 0.3 is 0 Å². The van der Waals surface area contributed by atoms with Crippen molar-refractivity contribution < 1.29 is 0 Å². The van der Waals surface area contributed by atoms with Crippen LogP contribution in [0.1, 0.15) is 64.4 Å². The molecule has 1 aromatic carbocycles. The molecule has 0 heteroatoms. The first-order valence-corrected chi connectivity index (χ1v) is 7.79. The van der Waals surface area contributed by atoms with Crippen molar-refractivity contribution in [3.05, 3.63) is 53.6 Å². The van der Waals surface area contributed by atoms with Crippen LogP contribution in [0.25, 0.3) is 6.08 Å². The SMILES string of the molecule is CCCCCC/C=C/C(=C/c1ccccc1)CCC. The van der Waals surface area contributed by atoms with E-state index in [0.717, 1.165) is 0 Å². The maximum absolute atomic E-state index is 2.35. The molecule has 0 N–H and O–H groups in total. The van der Waals surface area contributed by atoms with Gasteiger partial charge in [0.15, 0.2) is 0 Å². The number of hydrogen-bond acceptors (Lipinski definition) is 0. The fourth-order valence-electron chi connectivity index (χ4n) is 2.18. The van der Waals surface area contributed by atoms with E-state index < -0.39 is 0 Å². The van der Waals surface area contributed by atoms with Gasteiger partial charge in [0.1, 0.15) is 0 Å². The van der Waals surface area contributed by atoms with Gasteiger partial charge in [-0.2, -0.15) is 0 Å². The molecule has 0 bridgehead atoms. The Hall–Kier alpha value is -1.30. The summed E-state index contributed by atoms with van der Waals surface area (Å²) in [6.07, 6.45) is 16.0. The summed E-state index contributed by atoms with van der Waals surface area (Å²) in [4.78, 5) is 0. The van der Waals surface area contributed by atoms with Gasteiger partial charge in [-0.1, -0.05) is 88.1 Å². The molecular formula is C19H28. The van der Waals surface area contributed by atoms with Crippen molar-refractivity contribution in [2.45, 2.75) is 58.8 Å². The van der Waals surface area contributed by atoms with Crippen LogP contribution in [-0.2, 0) is 0 Å². The summed E-state index contributed by atoms with van der Waals surface area (Å²) in [5.74, 6) is 0. The molecule has 0 radical (unpaired) electrons. The topological polar surface area (TPSA) is 0 Å². The quantitative estimate of drug-likeness (QED) is 0.354. The van der Waals surface area contributed by atoms with Crippen LogP contribution >= 0.6 is 0 Å². The minimum atomic E-state index is 1.17. The standard InChI is InChI=1S/C19H28/c1-3-5-6-7-8-10-14-18(13-4-2)17-19-15-11-9-12-16-19/h9-12,14-17H,3-8,13H2,1-2H3/b14-10+,18-17+. The first kappa shape index (κ1) is 15.8. The normalized spacial score (nSPS) is 12.2. The summed E-state index contributed by atoms with van der Waals surface area (Å²) in [5.41, 5.74) is 2.76. The molecular weight excluding hydrogens is 228 g/mol. The van der Waals surface area contributed by atoms with Crippen LogP contribution in [0, 0.1) is 0 Å². The molecule has 0 saturated carbocycles. The molecule has 19 heavy (non-hydrogen) atoms. The first-order valence-electron chi connectivity index (χ1n) is 7.79. The van der Waals surface area contributed by atoms with Crippen LogP contribution in [0.2, 0.25) is 0 Å². The lowest BCUT2D eigenvalue weighted by molar-refractivity contribution is 0.674. The molecule has 0 heterocycles. The summed E-state index contributed by atoms with van der Waals surface area (Å²) in [5, 5.41) is 0. The van der Waals surface area contributed by atoms with E-state index in [-0.39, 0.29) is 0 Å². The summed E-state index contributed by atoms with van der Waals surface area (Å²) < 4.78 is 0. The molecule has 0 amide bonds. The predicted octanol–water partition coefficient (Wildman–Crippen LogP) is 6.40. The molecule has 1 aromatic rings. The van der Waals surface area contributed by atoms with Gasteiger partial charge in [-0.3, -0.25) is 0 Å². The Morgan fingerprint density at radius 3 is 2.42 bits per heavy atom. The highest BCUT2D eigenvalue weighted by atomic mass is 14.0. The van der Waals surface area contributed by atoms with Crippen LogP contribution in [-0.4, -0.2) is 0 Å². The zero-order valence-corrected chi connectivity index (χ0v) is 12.6. The van der Waals surface area contributed by atoms with E-state index in [2.05, 4.69) is 62.4 Å². The molecule has 0 aliphatic rings. The Kier molecular flexibility index (Phi) is 8.80. The molecule has 0 aliphatic carbocycles. The summed E-state index contributed by atoms with van der Waals surface area (Å²) in [7, 11) is 0. The molecule has 104 valence electrons. The number of hydrogen-bond donors (Lipinski definition) is 0. The second-order valence-electron chi connectivity index (χ2n) is 5.13. The van der Waals surface area contributed by atoms with Gasteiger partial charge in [0.2, 0.25) is 0 Å². The van der Waals surface area contributed by atoms with Crippen molar-refractivity contribution in [3.8, 4) is 0 Å². The van der Waals surface area contributed by atoms with Crippen molar-refractivity contribution in [1.29, 1.82) is 0 Å². The number of benzene rings is 1.